The topological polar surface area (TPSA) is 78.0 Å². The summed E-state index contributed by atoms with van der Waals surface area (Å²) in [5, 5.41) is 4.25. The van der Waals surface area contributed by atoms with Gasteiger partial charge in [0.2, 0.25) is 0 Å². The number of hydrogen-bond donors (Lipinski definition) is 1. The van der Waals surface area contributed by atoms with E-state index < -0.39 is 9.84 Å². The molecule has 1 aromatic carbocycles. The number of para-hydroxylation sites is 1. The van der Waals surface area contributed by atoms with E-state index >= 15 is 0 Å². The first kappa shape index (κ1) is 14.6. The zero-order valence-corrected chi connectivity index (χ0v) is 12.3. The predicted molar refractivity (Wildman–Crippen MR) is 81.0 cm³/mol. The molecule has 0 spiro atoms. The first-order valence-corrected chi connectivity index (χ1v) is 8.42. The summed E-state index contributed by atoms with van der Waals surface area (Å²) in [7, 11) is -2.90. The maximum absolute atomic E-state index is 11.4. The highest BCUT2D eigenvalue weighted by molar-refractivity contribution is 7.91. The van der Waals surface area contributed by atoms with Gasteiger partial charge in [-0.3, -0.25) is 4.68 Å². The van der Waals surface area contributed by atoms with Crippen LogP contribution in [0.3, 0.4) is 0 Å². The number of nitrogen functional groups attached to an aromatic ring is 1. The van der Waals surface area contributed by atoms with Gasteiger partial charge >= 0.3 is 0 Å². The van der Waals surface area contributed by atoms with E-state index in [0.717, 1.165) is 11.1 Å². The minimum absolute atomic E-state index is 0.192. The van der Waals surface area contributed by atoms with Gasteiger partial charge in [-0.05, 0) is 12.5 Å². The lowest BCUT2D eigenvalue weighted by Crippen LogP contribution is -2.11. The van der Waals surface area contributed by atoms with E-state index in [4.69, 9.17) is 5.73 Å². The largest absolute Gasteiger partial charge is 0.398 e. The van der Waals surface area contributed by atoms with Crippen molar-refractivity contribution in [3.8, 4) is 11.1 Å². The molecule has 2 rings (SSSR count). The summed E-state index contributed by atoms with van der Waals surface area (Å²) >= 11 is 0. The molecule has 0 unspecified atom stereocenters. The standard InChI is InChI=1S/C14H19N3O2S/c1-2-20(18,19)9-5-8-17-11-12(10-16-17)13-6-3-4-7-14(13)15/h3-4,6-7,10-11H,2,5,8-9,15H2,1H3. The Hall–Kier alpha value is -1.82. The summed E-state index contributed by atoms with van der Waals surface area (Å²) in [6, 6.07) is 7.61. The fourth-order valence-electron chi connectivity index (χ4n) is 1.98. The molecule has 0 aliphatic carbocycles. The third-order valence-electron chi connectivity index (χ3n) is 3.19. The fraction of sp³-hybridized carbons (Fsp3) is 0.357. The van der Waals surface area contributed by atoms with Gasteiger partial charge in [0.1, 0.15) is 9.84 Å². The number of nitrogens with zero attached hydrogens (tertiary/aromatic N) is 2. The molecular weight excluding hydrogens is 274 g/mol. The SMILES string of the molecule is CCS(=O)(=O)CCCn1cc(-c2ccccc2N)cn1. The molecule has 5 nitrogen and oxygen atoms in total. The Labute approximate surface area is 119 Å². The summed E-state index contributed by atoms with van der Waals surface area (Å²) in [4.78, 5) is 0. The van der Waals surface area contributed by atoms with Gasteiger partial charge in [-0.15, -0.1) is 0 Å². The molecule has 2 N–H and O–H groups in total. The lowest BCUT2D eigenvalue weighted by molar-refractivity contribution is 0.573. The third kappa shape index (κ3) is 3.60. The fourth-order valence-corrected chi connectivity index (χ4v) is 2.83. The van der Waals surface area contributed by atoms with Crippen LogP contribution in [0.5, 0.6) is 0 Å². The number of benzene rings is 1. The molecule has 0 aliphatic rings. The number of sulfone groups is 1. The van der Waals surface area contributed by atoms with Gasteiger partial charge < -0.3 is 5.73 Å². The Balaban J connectivity index is 2.02. The summed E-state index contributed by atoms with van der Waals surface area (Å²) < 4.78 is 24.6. The van der Waals surface area contributed by atoms with E-state index in [1.54, 1.807) is 17.8 Å². The van der Waals surface area contributed by atoms with Gasteiger partial charge in [0.05, 0.1) is 11.9 Å². The monoisotopic (exact) mass is 293 g/mol. The van der Waals surface area contributed by atoms with Crippen LogP contribution >= 0.6 is 0 Å². The van der Waals surface area contributed by atoms with Crippen LogP contribution in [0.15, 0.2) is 36.7 Å². The highest BCUT2D eigenvalue weighted by Crippen LogP contribution is 2.24. The average Bonchev–Trinajstić information content (AvgIpc) is 2.88. The van der Waals surface area contributed by atoms with Crippen molar-refractivity contribution in [1.82, 2.24) is 9.78 Å². The Morgan fingerprint density at radius 2 is 2.05 bits per heavy atom. The van der Waals surface area contributed by atoms with Gasteiger partial charge in [-0.1, -0.05) is 25.1 Å². The Kier molecular flexibility index (Phi) is 4.44. The van der Waals surface area contributed by atoms with Crippen molar-refractivity contribution in [1.29, 1.82) is 0 Å². The zero-order valence-electron chi connectivity index (χ0n) is 11.5. The predicted octanol–water partition coefficient (Wildman–Crippen LogP) is 1.96. The maximum Gasteiger partial charge on any atom is 0.150 e. The van der Waals surface area contributed by atoms with Crippen LogP contribution < -0.4 is 5.73 Å². The lowest BCUT2D eigenvalue weighted by atomic mass is 10.1. The van der Waals surface area contributed by atoms with Crippen LogP contribution in [0.25, 0.3) is 11.1 Å². The quantitative estimate of drug-likeness (QED) is 0.826. The Morgan fingerprint density at radius 1 is 1.30 bits per heavy atom. The molecule has 0 saturated heterocycles. The molecule has 108 valence electrons. The van der Waals surface area contributed by atoms with Crippen LogP contribution in [0, 0.1) is 0 Å². The smallest absolute Gasteiger partial charge is 0.150 e. The van der Waals surface area contributed by atoms with Crippen LogP contribution in [-0.2, 0) is 16.4 Å². The van der Waals surface area contributed by atoms with E-state index in [-0.39, 0.29) is 11.5 Å². The van der Waals surface area contributed by atoms with Gasteiger partial charge in [0.15, 0.2) is 0 Å². The van der Waals surface area contributed by atoms with Crippen LogP contribution in [0.1, 0.15) is 13.3 Å². The first-order valence-electron chi connectivity index (χ1n) is 6.59. The number of rotatable bonds is 6. The normalized spacial score (nSPS) is 11.7. The molecule has 0 fully saturated rings. The lowest BCUT2D eigenvalue weighted by Gasteiger charge is -2.03. The molecule has 0 aliphatic heterocycles. The molecule has 1 heterocycles. The molecule has 0 saturated carbocycles. The Morgan fingerprint density at radius 3 is 2.75 bits per heavy atom. The van der Waals surface area contributed by atoms with E-state index in [2.05, 4.69) is 5.10 Å². The molecule has 2 aromatic rings. The molecule has 0 radical (unpaired) electrons. The van der Waals surface area contributed by atoms with Gasteiger partial charge in [0.25, 0.3) is 0 Å². The molecular formula is C14H19N3O2S. The highest BCUT2D eigenvalue weighted by atomic mass is 32.2. The molecule has 0 atom stereocenters. The second kappa shape index (κ2) is 6.09. The second-order valence-corrected chi connectivity index (χ2v) is 7.14. The van der Waals surface area contributed by atoms with Crippen LogP contribution in [0.2, 0.25) is 0 Å². The number of aromatic nitrogens is 2. The zero-order chi connectivity index (χ0) is 14.6. The minimum Gasteiger partial charge on any atom is -0.398 e. The van der Waals surface area contributed by atoms with Crippen molar-refractivity contribution < 1.29 is 8.42 Å². The van der Waals surface area contributed by atoms with Gasteiger partial charge in [-0.25, -0.2) is 8.42 Å². The van der Waals surface area contributed by atoms with Gasteiger partial charge in [0, 0.05) is 35.3 Å². The summed E-state index contributed by atoms with van der Waals surface area (Å²) in [6.07, 6.45) is 4.21. The maximum atomic E-state index is 11.4. The number of aryl methyl sites for hydroxylation is 1. The van der Waals surface area contributed by atoms with Crippen molar-refractivity contribution in [2.45, 2.75) is 19.9 Å². The third-order valence-corrected chi connectivity index (χ3v) is 4.98. The summed E-state index contributed by atoms with van der Waals surface area (Å²) in [5.74, 6) is 0.393. The van der Waals surface area contributed by atoms with Crippen molar-refractivity contribution in [3.05, 3.63) is 36.7 Å². The average molecular weight is 293 g/mol. The number of hydrogen-bond acceptors (Lipinski definition) is 4. The van der Waals surface area contributed by atoms with Crippen LogP contribution in [0.4, 0.5) is 5.69 Å². The number of nitrogens with two attached hydrogens (primary N) is 1. The van der Waals surface area contributed by atoms with Crippen molar-refractivity contribution in [3.63, 3.8) is 0 Å². The van der Waals surface area contributed by atoms with E-state index in [0.29, 0.717) is 18.7 Å². The molecule has 6 heteroatoms. The summed E-state index contributed by atoms with van der Waals surface area (Å²) in [5.41, 5.74) is 8.52. The Bertz CT molecular complexity index is 677. The van der Waals surface area contributed by atoms with Crippen molar-refractivity contribution in [2.24, 2.45) is 0 Å². The molecule has 0 bridgehead atoms. The first-order chi connectivity index (χ1) is 9.52. The molecule has 1 aromatic heterocycles. The van der Waals surface area contributed by atoms with Crippen LogP contribution in [-0.4, -0.2) is 29.7 Å². The highest BCUT2D eigenvalue weighted by Gasteiger charge is 2.08. The van der Waals surface area contributed by atoms with Crippen molar-refractivity contribution in [2.75, 3.05) is 17.2 Å². The second-order valence-electron chi connectivity index (χ2n) is 4.67. The van der Waals surface area contributed by atoms with E-state index in [1.165, 1.54) is 0 Å². The molecule has 20 heavy (non-hydrogen) atoms. The molecule has 0 amide bonds. The summed E-state index contributed by atoms with van der Waals surface area (Å²) in [6.45, 7) is 2.26. The number of anilines is 1. The van der Waals surface area contributed by atoms with Gasteiger partial charge in [-0.2, -0.15) is 5.10 Å². The van der Waals surface area contributed by atoms with E-state index in [9.17, 15) is 8.42 Å². The van der Waals surface area contributed by atoms with E-state index in [1.807, 2.05) is 30.5 Å². The van der Waals surface area contributed by atoms with Crippen molar-refractivity contribution >= 4 is 15.5 Å². The minimum atomic E-state index is -2.90.